The van der Waals surface area contributed by atoms with Gasteiger partial charge in [-0.3, -0.25) is 9.78 Å². The van der Waals surface area contributed by atoms with Crippen molar-refractivity contribution in [1.82, 2.24) is 9.97 Å². The number of ether oxygens (including phenoxy) is 1. The molecular formula is C19H18ClN3O2S. The number of benzene rings is 1. The number of anilines is 1. The van der Waals surface area contributed by atoms with Crippen molar-refractivity contribution in [2.45, 2.75) is 26.9 Å². The minimum Gasteiger partial charge on any atom is -0.485 e. The number of rotatable bonds is 6. The van der Waals surface area contributed by atoms with Gasteiger partial charge in [0.1, 0.15) is 17.4 Å². The molecule has 0 bridgehead atoms. The normalized spacial score (nSPS) is 10.6. The van der Waals surface area contributed by atoms with Crippen LogP contribution in [0.25, 0.3) is 0 Å². The maximum Gasteiger partial charge on any atom is 0.230 e. The molecule has 26 heavy (non-hydrogen) atoms. The summed E-state index contributed by atoms with van der Waals surface area (Å²) < 4.78 is 5.66. The Labute approximate surface area is 161 Å². The first-order chi connectivity index (χ1) is 12.5. The molecule has 0 spiro atoms. The second-order valence-electron chi connectivity index (χ2n) is 5.79. The van der Waals surface area contributed by atoms with Gasteiger partial charge in [0.05, 0.1) is 18.3 Å². The number of pyridine rings is 1. The molecule has 1 aromatic carbocycles. The van der Waals surface area contributed by atoms with Crippen molar-refractivity contribution in [2.75, 3.05) is 5.32 Å². The van der Waals surface area contributed by atoms with Gasteiger partial charge in [-0.2, -0.15) is 0 Å². The van der Waals surface area contributed by atoms with E-state index in [1.165, 1.54) is 11.3 Å². The zero-order valence-corrected chi connectivity index (χ0v) is 16.0. The molecule has 134 valence electrons. The molecular weight excluding hydrogens is 370 g/mol. The van der Waals surface area contributed by atoms with Gasteiger partial charge in [-0.05, 0) is 43.7 Å². The zero-order valence-electron chi connectivity index (χ0n) is 14.5. The lowest BCUT2D eigenvalue weighted by Crippen LogP contribution is -2.15. The predicted molar refractivity (Wildman–Crippen MR) is 104 cm³/mol. The Kier molecular flexibility index (Phi) is 5.85. The molecule has 3 rings (SSSR count). The van der Waals surface area contributed by atoms with E-state index in [-0.39, 0.29) is 12.3 Å². The number of nitrogens with one attached hydrogen (secondary N) is 1. The third-order valence-electron chi connectivity index (χ3n) is 3.73. The van der Waals surface area contributed by atoms with Crippen molar-refractivity contribution in [1.29, 1.82) is 0 Å². The highest BCUT2D eigenvalue weighted by atomic mass is 35.5. The van der Waals surface area contributed by atoms with Gasteiger partial charge >= 0.3 is 0 Å². The van der Waals surface area contributed by atoms with Crippen LogP contribution in [0.1, 0.15) is 22.0 Å². The van der Waals surface area contributed by atoms with Crippen LogP contribution in [0, 0.1) is 13.8 Å². The molecule has 1 amide bonds. The van der Waals surface area contributed by atoms with Crippen LogP contribution in [0.2, 0.25) is 5.02 Å². The summed E-state index contributed by atoms with van der Waals surface area (Å²) in [6.45, 7) is 4.15. The van der Waals surface area contributed by atoms with Gasteiger partial charge in [0.2, 0.25) is 5.91 Å². The molecule has 0 fully saturated rings. The van der Waals surface area contributed by atoms with Crippen LogP contribution in [0.4, 0.5) is 5.69 Å². The van der Waals surface area contributed by atoms with Crippen LogP contribution in [-0.2, 0) is 17.8 Å². The lowest BCUT2D eigenvalue weighted by Gasteiger charge is -2.08. The average molecular weight is 388 g/mol. The van der Waals surface area contributed by atoms with E-state index in [9.17, 15) is 4.79 Å². The summed E-state index contributed by atoms with van der Waals surface area (Å²) in [7, 11) is 0. The maximum absolute atomic E-state index is 12.2. The molecule has 0 radical (unpaired) electrons. The van der Waals surface area contributed by atoms with E-state index >= 15 is 0 Å². The Hall–Kier alpha value is -2.44. The fourth-order valence-electron chi connectivity index (χ4n) is 2.28. The molecule has 5 nitrogen and oxygen atoms in total. The molecule has 0 saturated carbocycles. The molecule has 0 saturated heterocycles. The molecule has 2 aromatic heterocycles. The van der Waals surface area contributed by atoms with E-state index in [2.05, 4.69) is 15.3 Å². The number of thiazole rings is 1. The summed E-state index contributed by atoms with van der Waals surface area (Å²) in [6, 6.07) is 9.20. The highest BCUT2D eigenvalue weighted by Crippen LogP contribution is 2.23. The first-order valence-electron chi connectivity index (χ1n) is 8.05. The molecule has 0 aliphatic heterocycles. The minimum atomic E-state index is -0.129. The van der Waals surface area contributed by atoms with E-state index < -0.39 is 0 Å². The van der Waals surface area contributed by atoms with Gasteiger partial charge in [0.25, 0.3) is 0 Å². The smallest absolute Gasteiger partial charge is 0.230 e. The summed E-state index contributed by atoms with van der Waals surface area (Å²) in [5.41, 5.74) is 3.22. The number of aryl methyl sites for hydroxylation is 1. The molecule has 0 unspecified atom stereocenters. The number of hydrogen-bond donors (Lipinski definition) is 1. The zero-order chi connectivity index (χ0) is 18.5. The summed E-state index contributed by atoms with van der Waals surface area (Å²) in [4.78, 5) is 20.9. The van der Waals surface area contributed by atoms with Crippen LogP contribution in [0.5, 0.6) is 5.75 Å². The monoisotopic (exact) mass is 387 g/mol. The van der Waals surface area contributed by atoms with E-state index in [0.29, 0.717) is 28.8 Å². The molecule has 0 atom stereocenters. The Morgan fingerprint density at radius 3 is 2.88 bits per heavy atom. The highest BCUT2D eigenvalue weighted by Gasteiger charge is 2.11. The van der Waals surface area contributed by atoms with E-state index in [1.807, 2.05) is 43.5 Å². The third-order valence-corrected chi connectivity index (χ3v) is 5.01. The lowest BCUT2D eigenvalue weighted by molar-refractivity contribution is -0.115. The van der Waals surface area contributed by atoms with E-state index in [4.69, 9.17) is 16.3 Å². The van der Waals surface area contributed by atoms with Gasteiger partial charge in [0, 0.05) is 21.8 Å². The van der Waals surface area contributed by atoms with Crippen molar-refractivity contribution in [2.24, 2.45) is 0 Å². The molecule has 2 heterocycles. The third kappa shape index (κ3) is 4.80. The molecule has 1 N–H and O–H groups in total. The second-order valence-corrected chi connectivity index (χ2v) is 7.14. The number of nitrogens with zero attached hydrogens (tertiary/aromatic N) is 2. The Bertz CT molecular complexity index is 909. The largest absolute Gasteiger partial charge is 0.485 e. The van der Waals surface area contributed by atoms with Gasteiger partial charge < -0.3 is 10.1 Å². The SMILES string of the molecule is Cc1ccc(OCc2nc(CC(=O)Nc3cccc(Cl)c3C)cs2)cn1. The first-order valence-corrected chi connectivity index (χ1v) is 9.31. The Morgan fingerprint density at radius 1 is 1.27 bits per heavy atom. The molecule has 3 aromatic rings. The van der Waals surface area contributed by atoms with Crippen LogP contribution < -0.4 is 10.1 Å². The number of carbonyl (C=O) groups is 1. The summed E-state index contributed by atoms with van der Waals surface area (Å²) in [6.07, 6.45) is 1.89. The van der Waals surface area contributed by atoms with Crippen LogP contribution in [-0.4, -0.2) is 15.9 Å². The highest BCUT2D eigenvalue weighted by molar-refractivity contribution is 7.09. The summed E-state index contributed by atoms with van der Waals surface area (Å²) >= 11 is 7.54. The number of hydrogen-bond acceptors (Lipinski definition) is 5. The quantitative estimate of drug-likeness (QED) is 0.673. The number of aromatic nitrogens is 2. The number of halogens is 1. The van der Waals surface area contributed by atoms with Crippen LogP contribution in [0.15, 0.2) is 41.9 Å². The van der Waals surface area contributed by atoms with Crippen molar-refractivity contribution >= 4 is 34.5 Å². The van der Waals surface area contributed by atoms with Crippen molar-refractivity contribution in [3.8, 4) is 5.75 Å². The predicted octanol–water partition coefficient (Wildman–Crippen LogP) is 4.57. The fourth-order valence-corrected chi connectivity index (χ4v) is 3.16. The van der Waals surface area contributed by atoms with Gasteiger partial charge in [-0.25, -0.2) is 4.98 Å². The molecule has 0 aliphatic rings. The van der Waals surface area contributed by atoms with Crippen LogP contribution >= 0.6 is 22.9 Å². The Morgan fingerprint density at radius 2 is 2.12 bits per heavy atom. The van der Waals surface area contributed by atoms with Crippen molar-refractivity contribution in [3.05, 3.63) is 68.9 Å². The van der Waals surface area contributed by atoms with Gasteiger partial charge in [-0.1, -0.05) is 17.7 Å². The van der Waals surface area contributed by atoms with E-state index in [1.54, 1.807) is 12.3 Å². The molecule has 7 heteroatoms. The standard InChI is InChI=1S/C19H18ClN3O2S/c1-12-6-7-15(9-21-12)25-10-19-22-14(11-26-19)8-18(24)23-17-5-3-4-16(20)13(17)2/h3-7,9,11H,8,10H2,1-2H3,(H,23,24). The fraction of sp³-hybridized carbons (Fsp3) is 0.211. The van der Waals surface area contributed by atoms with Gasteiger partial charge in [-0.15, -0.1) is 11.3 Å². The lowest BCUT2D eigenvalue weighted by atomic mass is 10.2. The summed E-state index contributed by atoms with van der Waals surface area (Å²) in [5, 5.41) is 6.18. The average Bonchev–Trinajstić information content (AvgIpc) is 3.06. The first kappa shape index (κ1) is 18.4. The number of amides is 1. The van der Waals surface area contributed by atoms with E-state index in [0.717, 1.165) is 16.3 Å². The van der Waals surface area contributed by atoms with Gasteiger partial charge in [0.15, 0.2) is 0 Å². The van der Waals surface area contributed by atoms with Crippen molar-refractivity contribution < 1.29 is 9.53 Å². The Balaban J connectivity index is 1.55. The minimum absolute atomic E-state index is 0.129. The van der Waals surface area contributed by atoms with Crippen molar-refractivity contribution in [3.63, 3.8) is 0 Å². The maximum atomic E-state index is 12.2. The number of carbonyl (C=O) groups excluding carboxylic acids is 1. The second kappa shape index (κ2) is 8.29. The van der Waals surface area contributed by atoms with Crippen LogP contribution in [0.3, 0.4) is 0 Å². The summed E-state index contributed by atoms with van der Waals surface area (Å²) in [5.74, 6) is 0.567. The topological polar surface area (TPSA) is 64.1 Å². The molecule has 0 aliphatic carbocycles.